The molecule has 120 valence electrons. The topological polar surface area (TPSA) is 67.2 Å². The van der Waals surface area contributed by atoms with Gasteiger partial charge in [0.25, 0.3) is 0 Å². The second-order valence-electron chi connectivity index (χ2n) is 5.27. The highest BCUT2D eigenvalue weighted by Crippen LogP contribution is 2.26. The van der Waals surface area contributed by atoms with Crippen LogP contribution in [0.1, 0.15) is 33.1 Å². The Morgan fingerprint density at radius 1 is 1.45 bits per heavy atom. The molecule has 6 heteroatoms. The highest BCUT2D eigenvalue weighted by molar-refractivity contribution is 7.13. The number of nitrogens with one attached hydrogen (secondary N) is 1. The maximum Gasteiger partial charge on any atom is 0.225 e. The van der Waals surface area contributed by atoms with Crippen LogP contribution >= 0.6 is 11.3 Å². The van der Waals surface area contributed by atoms with Crippen LogP contribution in [0.3, 0.4) is 0 Å². The quantitative estimate of drug-likeness (QED) is 0.783. The van der Waals surface area contributed by atoms with E-state index < -0.39 is 0 Å². The van der Waals surface area contributed by atoms with Crippen LogP contribution in [-0.2, 0) is 11.3 Å². The van der Waals surface area contributed by atoms with E-state index in [0.29, 0.717) is 24.7 Å². The Kier molecular flexibility index (Phi) is 6.15. The normalized spacial score (nSPS) is 11.1. The van der Waals surface area contributed by atoms with E-state index in [1.165, 1.54) is 0 Å². The van der Waals surface area contributed by atoms with Crippen LogP contribution in [0.2, 0.25) is 0 Å². The Bertz CT molecular complexity index is 589. The van der Waals surface area contributed by atoms with Gasteiger partial charge < -0.3 is 10.4 Å². The maximum absolute atomic E-state index is 12.2. The van der Waals surface area contributed by atoms with Crippen molar-refractivity contribution in [1.82, 2.24) is 9.78 Å². The van der Waals surface area contributed by atoms with Gasteiger partial charge in [-0.25, -0.2) is 4.68 Å². The van der Waals surface area contributed by atoms with Gasteiger partial charge in [0.1, 0.15) is 11.5 Å². The second-order valence-corrected chi connectivity index (χ2v) is 6.22. The van der Waals surface area contributed by atoms with Crippen molar-refractivity contribution in [2.45, 2.75) is 39.7 Å². The molecule has 0 aliphatic carbocycles. The van der Waals surface area contributed by atoms with Crippen LogP contribution < -0.4 is 5.32 Å². The molecule has 22 heavy (non-hydrogen) atoms. The number of nitrogens with zero attached hydrogens (tertiary/aromatic N) is 2. The highest BCUT2D eigenvalue weighted by atomic mass is 32.1. The molecule has 0 saturated carbocycles. The van der Waals surface area contributed by atoms with Crippen LogP contribution in [0.5, 0.6) is 0 Å². The predicted octanol–water partition coefficient (Wildman–Crippen LogP) is 3.37. The minimum absolute atomic E-state index is 0.00511. The van der Waals surface area contributed by atoms with Gasteiger partial charge in [-0.15, -0.1) is 11.3 Å². The van der Waals surface area contributed by atoms with Gasteiger partial charge in [-0.2, -0.15) is 5.10 Å². The number of thiophene rings is 1. The highest BCUT2D eigenvalue weighted by Gasteiger charge is 2.15. The standard InChI is InChI=1S/C16H23N3O2S/c1-3-12(4-2)10-16(21)17-15-11-13(14-6-5-9-22-14)18-19(15)7-8-20/h5-6,9,11-12,20H,3-4,7-8,10H2,1-2H3,(H,17,21). The molecule has 5 nitrogen and oxygen atoms in total. The molecule has 0 saturated heterocycles. The fraction of sp³-hybridized carbons (Fsp3) is 0.500. The van der Waals surface area contributed by atoms with E-state index in [1.54, 1.807) is 16.0 Å². The molecule has 0 fully saturated rings. The van der Waals surface area contributed by atoms with E-state index in [-0.39, 0.29) is 12.5 Å². The SMILES string of the molecule is CCC(CC)CC(=O)Nc1cc(-c2cccs2)nn1CCO. The zero-order chi connectivity index (χ0) is 15.9. The van der Waals surface area contributed by atoms with Gasteiger partial charge in [-0.1, -0.05) is 32.8 Å². The molecule has 2 aromatic rings. The van der Waals surface area contributed by atoms with E-state index in [0.717, 1.165) is 23.4 Å². The van der Waals surface area contributed by atoms with Crippen molar-refractivity contribution in [3.05, 3.63) is 23.6 Å². The molecule has 1 amide bonds. The van der Waals surface area contributed by atoms with Crippen molar-refractivity contribution in [2.75, 3.05) is 11.9 Å². The van der Waals surface area contributed by atoms with Crippen molar-refractivity contribution in [1.29, 1.82) is 0 Å². The molecule has 0 radical (unpaired) electrons. The summed E-state index contributed by atoms with van der Waals surface area (Å²) in [5.74, 6) is 1.06. The largest absolute Gasteiger partial charge is 0.394 e. The zero-order valence-electron chi connectivity index (χ0n) is 13.1. The first-order valence-electron chi connectivity index (χ1n) is 7.70. The zero-order valence-corrected chi connectivity index (χ0v) is 13.9. The van der Waals surface area contributed by atoms with E-state index >= 15 is 0 Å². The Labute approximate surface area is 135 Å². The minimum Gasteiger partial charge on any atom is -0.394 e. The summed E-state index contributed by atoms with van der Waals surface area (Å²) in [7, 11) is 0. The van der Waals surface area contributed by atoms with E-state index in [2.05, 4.69) is 24.3 Å². The summed E-state index contributed by atoms with van der Waals surface area (Å²) in [4.78, 5) is 13.2. The molecule has 0 aliphatic rings. The Hall–Kier alpha value is -1.66. The van der Waals surface area contributed by atoms with E-state index in [9.17, 15) is 4.79 Å². The summed E-state index contributed by atoms with van der Waals surface area (Å²) in [6.07, 6.45) is 2.52. The van der Waals surface area contributed by atoms with Crippen LogP contribution in [-0.4, -0.2) is 27.4 Å². The third-order valence-corrected chi connectivity index (χ3v) is 4.65. The van der Waals surface area contributed by atoms with Gasteiger partial charge in [0.15, 0.2) is 0 Å². The Balaban J connectivity index is 2.13. The van der Waals surface area contributed by atoms with E-state index in [1.807, 2.05) is 23.6 Å². The predicted molar refractivity (Wildman–Crippen MR) is 89.9 cm³/mol. The van der Waals surface area contributed by atoms with Crippen molar-refractivity contribution in [2.24, 2.45) is 5.92 Å². The molecule has 0 bridgehead atoms. The van der Waals surface area contributed by atoms with E-state index in [4.69, 9.17) is 5.11 Å². The van der Waals surface area contributed by atoms with Crippen LogP contribution in [0.4, 0.5) is 5.82 Å². The Morgan fingerprint density at radius 3 is 2.82 bits per heavy atom. The van der Waals surface area contributed by atoms with Crippen molar-refractivity contribution in [3.8, 4) is 10.6 Å². The summed E-state index contributed by atoms with van der Waals surface area (Å²) in [5.41, 5.74) is 0.821. The molecular weight excluding hydrogens is 298 g/mol. The van der Waals surface area contributed by atoms with Crippen LogP contribution in [0.25, 0.3) is 10.6 Å². The number of anilines is 1. The fourth-order valence-corrected chi connectivity index (χ4v) is 3.04. The van der Waals surface area contributed by atoms with Gasteiger partial charge in [-0.05, 0) is 17.4 Å². The van der Waals surface area contributed by atoms with Crippen molar-refractivity contribution >= 4 is 23.1 Å². The smallest absolute Gasteiger partial charge is 0.225 e. The molecule has 2 heterocycles. The average molecular weight is 321 g/mol. The van der Waals surface area contributed by atoms with Crippen molar-refractivity contribution < 1.29 is 9.90 Å². The molecule has 0 atom stereocenters. The average Bonchev–Trinajstić information content (AvgIpc) is 3.15. The third kappa shape index (κ3) is 4.18. The monoisotopic (exact) mass is 321 g/mol. The van der Waals surface area contributed by atoms with Gasteiger partial charge in [0.2, 0.25) is 5.91 Å². The number of amides is 1. The molecule has 0 unspecified atom stereocenters. The Morgan fingerprint density at radius 2 is 2.23 bits per heavy atom. The summed E-state index contributed by atoms with van der Waals surface area (Å²) >= 11 is 1.60. The molecule has 0 aliphatic heterocycles. The molecule has 2 rings (SSSR count). The lowest BCUT2D eigenvalue weighted by Crippen LogP contribution is -2.19. The number of rotatable bonds is 8. The number of aliphatic hydroxyl groups excluding tert-OH is 1. The third-order valence-electron chi connectivity index (χ3n) is 3.76. The first-order chi connectivity index (χ1) is 10.7. The molecule has 2 aromatic heterocycles. The second kappa shape index (κ2) is 8.10. The molecule has 0 aromatic carbocycles. The number of hydrogen-bond acceptors (Lipinski definition) is 4. The van der Waals surface area contributed by atoms with Crippen LogP contribution in [0.15, 0.2) is 23.6 Å². The van der Waals surface area contributed by atoms with Gasteiger partial charge in [-0.3, -0.25) is 4.79 Å². The van der Waals surface area contributed by atoms with Crippen molar-refractivity contribution in [3.63, 3.8) is 0 Å². The van der Waals surface area contributed by atoms with Gasteiger partial charge in [0.05, 0.1) is 18.0 Å². The number of hydrogen-bond donors (Lipinski definition) is 2. The fourth-order valence-electron chi connectivity index (χ4n) is 2.36. The first-order valence-corrected chi connectivity index (χ1v) is 8.58. The first kappa shape index (κ1) is 16.7. The van der Waals surface area contributed by atoms with Gasteiger partial charge in [0, 0.05) is 12.5 Å². The van der Waals surface area contributed by atoms with Gasteiger partial charge >= 0.3 is 0 Å². The summed E-state index contributed by atoms with van der Waals surface area (Å²) in [6, 6.07) is 5.83. The van der Waals surface area contributed by atoms with Crippen LogP contribution in [0, 0.1) is 5.92 Å². The summed E-state index contributed by atoms with van der Waals surface area (Å²) < 4.78 is 1.65. The number of carbonyl (C=O) groups is 1. The maximum atomic E-state index is 12.2. The number of carbonyl (C=O) groups excluding carboxylic acids is 1. The lowest BCUT2D eigenvalue weighted by Gasteiger charge is -2.12. The number of aliphatic hydroxyl groups is 1. The minimum atomic E-state index is -0.0129. The molecular formula is C16H23N3O2S. The number of aromatic nitrogens is 2. The summed E-state index contributed by atoms with van der Waals surface area (Å²) in [6.45, 7) is 4.56. The summed E-state index contributed by atoms with van der Waals surface area (Å²) in [5, 5.41) is 18.6. The molecule has 0 spiro atoms. The molecule has 2 N–H and O–H groups in total. The lowest BCUT2D eigenvalue weighted by molar-refractivity contribution is -0.117. The lowest BCUT2D eigenvalue weighted by atomic mass is 9.99.